The Bertz CT molecular complexity index is 95.0. The maximum Gasteiger partial charge on any atom is 0.303 e. The molecule has 0 aromatic rings. The molecule has 0 aliphatic carbocycles. The van der Waals surface area contributed by atoms with Gasteiger partial charge in [0.15, 0.2) is 0 Å². The van der Waals surface area contributed by atoms with Crippen molar-refractivity contribution in [3.05, 3.63) is 0 Å². The minimum absolute atomic E-state index is 0.169. The van der Waals surface area contributed by atoms with E-state index in [1.54, 1.807) is 0 Å². The normalized spacial score (nSPS) is 9.70. The van der Waals surface area contributed by atoms with E-state index in [4.69, 9.17) is 21.4 Å². The van der Waals surface area contributed by atoms with Crippen LogP contribution in [0.3, 0.4) is 0 Å². The standard InChI is InChI=1S/C6H11ClO3/c7-3-5-10-4-1-2-6(8)9/h1-5H2,(H,8,9). The molecule has 0 aliphatic heterocycles. The molecule has 0 spiro atoms. The molecule has 0 aromatic carbocycles. The van der Waals surface area contributed by atoms with Gasteiger partial charge in [-0.1, -0.05) is 0 Å². The first-order valence-electron chi connectivity index (χ1n) is 3.13. The third-order valence-electron chi connectivity index (χ3n) is 0.901. The number of halogens is 1. The van der Waals surface area contributed by atoms with Crippen molar-refractivity contribution in [2.24, 2.45) is 0 Å². The lowest BCUT2D eigenvalue weighted by Gasteiger charge is -1.97. The van der Waals surface area contributed by atoms with Crippen molar-refractivity contribution >= 4 is 17.6 Å². The van der Waals surface area contributed by atoms with Gasteiger partial charge < -0.3 is 9.84 Å². The van der Waals surface area contributed by atoms with Crippen LogP contribution in [0.15, 0.2) is 0 Å². The van der Waals surface area contributed by atoms with Crippen LogP contribution in [0.5, 0.6) is 0 Å². The first kappa shape index (κ1) is 9.72. The molecule has 0 saturated carbocycles. The van der Waals surface area contributed by atoms with Gasteiger partial charge in [-0.25, -0.2) is 0 Å². The number of alkyl halides is 1. The summed E-state index contributed by atoms with van der Waals surface area (Å²) in [5.74, 6) is -0.318. The fourth-order valence-electron chi connectivity index (χ4n) is 0.482. The van der Waals surface area contributed by atoms with E-state index in [-0.39, 0.29) is 6.42 Å². The highest BCUT2D eigenvalue weighted by molar-refractivity contribution is 6.17. The van der Waals surface area contributed by atoms with Gasteiger partial charge >= 0.3 is 5.97 Å². The molecule has 0 saturated heterocycles. The number of aliphatic carboxylic acids is 1. The number of ether oxygens (including phenoxy) is 1. The molecule has 3 nitrogen and oxygen atoms in total. The summed E-state index contributed by atoms with van der Waals surface area (Å²) in [5, 5.41) is 8.19. The minimum atomic E-state index is -0.783. The highest BCUT2D eigenvalue weighted by atomic mass is 35.5. The van der Waals surface area contributed by atoms with Crippen LogP contribution in [0.25, 0.3) is 0 Å². The van der Waals surface area contributed by atoms with Crippen molar-refractivity contribution in [1.29, 1.82) is 0 Å². The Labute approximate surface area is 64.9 Å². The molecule has 0 unspecified atom stereocenters. The van der Waals surface area contributed by atoms with E-state index in [2.05, 4.69) is 0 Å². The lowest BCUT2D eigenvalue weighted by atomic mass is 10.3. The zero-order chi connectivity index (χ0) is 7.82. The molecular weight excluding hydrogens is 156 g/mol. The number of hydrogen-bond acceptors (Lipinski definition) is 2. The van der Waals surface area contributed by atoms with Gasteiger partial charge in [0.1, 0.15) is 0 Å². The Hall–Kier alpha value is -0.280. The molecule has 0 atom stereocenters. The summed E-state index contributed by atoms with van der Waals surface area (Å²) in [6.07, 6.45) is 0.731. The second kappa shape index (κ2) is 6.83. The SMILES string of the molecule is O=C(O)CCCOCCCl. The first-order valence-corrected chi connectivity index (χ1v) is 3.66. The lowest BCUT2D eigenvalue weighted by molar-refractivity contribution is -0.137. The van der Waals surface area contributed by atoms with Gasteiger partial charge in [0.25, 0.3) is 0 Å². The van der Waals surface area contributed by atoms with Crippen molar-refractivity contribution in [3.63, 3.8) is 0 Å². The molecule has 0 aliphatic rings. The summed E-state index contributed by atoms with van der Waals surface area (Å²) in [7, 11) is 0. The van der Waals surface area contributed by atoms with Crippen LogP contribution < -0.4 is 0 Å². The molecule has 0 heterocycles. The van der Waals surface area contributed by atoms with Gasteiger partial charge in [0, 0.05) is 18.9 Å². The van der Waals surface area contributed by atoms with Gasteiger partial charge in [-0.15, -0.1) is 11.6 Å². The van der Waals surface area contributed by atoms with E-state index in [1.165, 1.54) is 0 Å². The van der Waals surface area contributed by atoms with E-state index in [1.807, 2.05) is 0 Å². The van der Waals surface area contributed by atoms with Gasteiger partial charge in [0.2, 0.25) is 0 Å². The molecule has 0 rings (SSSR count). The topological polar surface area (TPSA) is 46.5 Å². The monoisotopic (exact) mass is 166 g/mol. The van der Waals surface area contributed by atoms with E-state index >= 15 is 0 Å². The minimum Gasteiger partial charge on any atom is -0.481 e. The van der Waals surface area contributed by atoms with E-state index in [0.29, 0.717) is 25.5 Å². The number of hydrogen-bond donors (Lipinski definition) is 1. The van der Waals surface area contributed by atoms with Gasteiger partial charge in [-0.05, 0) is 6.42 Å². The van der Waals surface area contributed by atoms with Gasteiger partial charge in [0.05, 0.1) is 6.61 Å². The second-order valence-electron chi connectivity index (χ2n) is 1.80. The molecule has 60 valence electrons. The third kappa shape index (κ3) is 7.72. The molecule has 10 heavy (non-hydrogen) atoms. The number of carbonyl (C=O) groups is 1. The highest BCUT2D eigenvalue weighted by Gasteiger charge is 1.94. The fraction of sp³-hybridized carbons (Fsp3) is 0.833. The van der Waals surface area contributed by atoms with E-state index in [9.17, 15) is 4.79 Å². The van der Waals surface area contributed by atoms with Crippen molar-refractivity contribution in [2.75, 3.05) is 19.1 Å². The van der Waals surface area contributed by atoms with Crippen LogP contribution in [-0.4, -0.2) is 30.2 Å². The predicted octanol–water partition coefficient (Wildman–Crippen LogP) is 1.11. The molecule has 0 aromatic heterocycles. The van der Waals surface area contributed by atoms with E-state index in [0.717, 1.165) is 0 Å². The van der Waals surface area contributed by atoms with Crippen LogP contribution >= 0.6 is 11.6 Å². The zero-order valence-electron chi connectivity index (χ0n) is 5.68. The van der Waals surface area contributed by atoms with Crippen molar-refractivity contribution in [2.45, 2.75) is 12.8 Å². The lowest BCUT2D eigenvalue weighted by Crippen LogP contribution is -2.01. The number of carboxylic acid groups (broad SMARTS) is 1. The summed E-state index contributed by atoms with van der Waals surface area (Å²) in [6.45, 7) is 0.986. The molecule has 0 amide bonds. The molecule has 4 heteroatoms. The summed E-state index contributed by atoms with van der Waals surface area (Å²) in [5.41, 5.74) is 0. The summed E-state index contributed by atoms with van der Waals surface area (Å²) >= 11 is 5.30. The Morgan fingerprint density at radius 1 is 1.50 bits per heavy atom. The molecular formula is C6H11ClO3. The van der Waals surface area contributed by atoms with Gasteiger partial charge in [-0.3, -0.25) is 4.79 Å². The predicted molar refractivity (Wildman–Crippen MR) is 38.4 cm³/mol. The zero-order valence-corrected chi connectivity index (χ0v) is 6.43. The summed E-state index contributed by atoms with van der Waals surface area (Å²) < 4.78 is 4.94. The first-order chi connectivity index (χ1) is 4.77. The molecule has 0 bridgehead atoms. The molecule has 0 fully saturated rings. The number of rotatable bonds is 6. The average Bonchev–Trinajstić information content (AvgIpc) is 1.87. The largest absolute Gasteiger partial charge is 0.481 e. The Morgan fingerprint density at radius 3 is 2.70 bits per heavy atom. The van der Waals surface area contributed by atoms with Crippen molar-refractivity contribution in [1.82, 2.24) is 0 Å². The summed E-state index contributed by atoms with van der Waals surface area (Å²) in [4.78, 5) is 9.95. The van der Waals surface area contributed by atoms with Crippen LogP contribution in [0.1, 0.15) is 12.8 Å². The maximum absolute atomic E-state index is 9.95. The smallest absolute Gasteiger partial charge is 0.303 e. The van der Waals surface area contributed by atoms with E-state index < -0.39 is 5.97 Å². The Balaban J connectivity index is 2.84. The van der Waals surface area contributed by atoms with Crippen LogP contribution in [0.4, 0.5) is 0 Å². The highest BCUT2D eigenvalue weighted by Crippen LogP contribution is 1.89. The quantitative estimate of drug-likeness (QED) is 0.475. The summed E-state index contributed by atoms with van der Waals surface area (Å²) in [6, 6.07) is 0. The Kier molecular flexibility index (Phi) is 6.64. The van der Waals surface area contributed by atoms with Crippen LogP contribution in [-0.2, 0) is 9.53 Å². The molecule has 0 radical (unpaired) electrons. The third-order valence-corrected chi connectivity index (χ3v) is 1.06. The van der Waals surface area contributed by atoms with Crippen molar-refractivity contribution < 1.29 is 14.6 Å². The molecule has 1 N–H and O–H groups in total. The Morgan fingerprint density at radius 2 is 2.20 bits per heavy atom. The number of carboxylic acids is 1. The fourth-order valence-corrected chi connectivity index (χ4v) is 0.591. The second-order valence-corrected chi connectivity index (χ2v) is 2.18. The maximum atomic E-state index is 9.95. The average molecular weight is 167 g/mol. The van der Waals surface area contributed by atoms with Gasteiger partial charge in [-0.2, -0.15) is 0 Å². The van der Waals surface area contributed by atoms with Crippen molar-refractivity contribution in [3.8, 4) is 0 Å². The van der Waals surface area contributed by atoms with Crippen LogP contribution in [0, 0.1) is 0 Å². The van der Waals surface area contributed by atoms with Crippen LogP contribution in [0.2, 0.25) is 0 Å².